The number of ether oxygens (including phenoxy) is 2. The molecule has 176 valence electrons. The molecule has 0 bridgehead atoms. The highest BCUT2D eigenvalue weighted by Crippen LogP contribution is 2.21. The number of rotatable bonds is 8. The predicted molar refractivity (Wildman–Crippen MR) is 138 cm³/mol. The Kier molecular flexibility index (Phi) is 8.59. The second-order valence-electron chi connectivity index (χ2n) is 7.53. The van der Waals surface area contributed by atoms with Crippen molar-refractivity contribution in [3.63, 3.8) is 0 Å². The Balaban J connectivity index is 1.68. The van der Waals surface area contributed by atoms with Gasteiger partial charge < -0.3 is 20.1 Å². The Morgan fingerprint density at radius 3 is 2.18 bits per heavy atom. The van der Waals surface area contributed by atoms with Crippen molar-refractivity contribution >= 4 is 40.5 Å². The molecule has 34 heavy (non-hydrogen) atoms. The summed E-state index contributed by atoms with van der Waals surface area (Å²) in [6.45, 7) is 6.24. The lowest BCUT2D eigenvalue weighted by Gasteiger charge is -2.16. The van der Waals surface area contributed by atoms with E-state index in [-0.39, 0.29) is 17.1 Å². The van der Waals surface area contributed by atoms with Crippen molar-refractivity contribution in [2.24, 2.45) is 0 Å². The Morgan fingerprint density at radius 2 is 1.50 bits per heavy atom. The second kappa shape index (κ2) is 11.8. The van der Waals surface area contributed by atoms with Gasteiger partial charge in [-0.1, -0.05) is 24.3 Å². The van der Waals surface area contributed by atoms with E-state index in [4.69, 9.17) is 21.7 Å². The molecule has 0 spiro atoms. The summed E-state index contributed by atoms with van der Waals surface area (Å²) in [5.74, 6) is 0.457. The standard InChI is InChI=1S/C26H27N3O4S/c1-4-32-19-15-13-18(14-16-19)27-24(30)20-9-5-7-11-22(20)28-26(34)29-25(31)21-10-6-8-12-23(21)33-17(2)3/h5-17H,4H2,1-3H3,(H,27,30)(H2,28,29,31,34). The van der Waals surface area contributed by atoms with Gasteiger partial charge in [0.05, 0.1) is 29.5 Å². The van der Waals surface area contributed by atoms with E-state index < -0.39 is 5.91 Å². The van der Waals surface area contributed by atoms with Gasteiger partial charge in [-0.25, -0.2) is 0 Å². The Labute approximate surface area is 204 Å². The van der Waals surface area contributed by atoms with E-state index >= 15 is 0 Å². The lowest BCUT2D eigenvalue weighted by Crippen LogP contribution is -2.35. The van der Waals surface area contributed by atoms with Crippen molar-refractivity contribution in [1.29, 1.82) is 0 Å². The molecule has 0 fully saturated rings. The molecule has 0 aromatic heterocycles. The molecule has 3 rings (SSSR count). The summed E-state index contributed by atoms with van der Waals surface area (Å²) in [7, 11) is 0. The average molecular weight is 478 g/mol. The minimum atomic E-state index is -0.412. The fourth-order valence-corrected chi connectivity index (χ4v) is 3.33. The smallest absolute Gasteiger partial charge is 0.261 e. The van der Waals surface area contributed by atoms with Crippen LogP contribution in [-0.2, 0) is 0 Å². The number of amides is 2. The van der Waals surface area contributed by atoms with Crippen LogP contribution in [0.5, 0.6) is 11.5 Å². The monoisotopic (exact) mass is 477 g/mol. The van der Waals surface area contributed by atoms with Gasteiger partial charge in [0.25, 0.3) is 11.8 Å². The molecule has 0 heterocycles. The molecule has 0 aliphatic rings. The zero-order chi connectivity index (χ0) is 24.5. The third-order valence-electron chi connectivity index (χ3n) is 4.56. The summed E-state index contributed by atoms with van der Waals surface area (Å²) in [5.41, 5.74) is 1.82. The van der Waals surface area contributed by atoms with E-state index in [1.54, 1.807) is 72.8 Å². The Hall–Kier alpha value is -3.91. The molecule has 3 aromatic rings. The number of nitrogens with one attached hydrogen (secondary N) is 3. The molecule has 0 atom stereocenters. The molecule has 7 nitrogen and oxygen atoms in total. The van der Waals surface area contributed by atoms with Gasteiger partial charge in [-0.2, -0.15) is 0 Å². The molecule has 2 amide bonds. The maximum atomic E-state index is 12.9. The quantitative estimate of drug-likeness (QED) is 0.384. The first-order valence-electron chi connectivity index (χ1n) is 10.9. The van der Waals surface area contributed by atoms with Crippen LogP contribution >= 0.6 is 12.2 Å². The summed E-state index contributed by atoms with van der Waals surface area (Å²) >= 11 is 5.33. The number of hydrogen-bond acceptors (Lipinski definition) is 5. The maximum Gasteiger partial charge on any atom is 0.261 e. The van der Waals surface area contributed by atoms with Crippen LogP contribution in [0, 0.1) is 0 Å². The molecule has 0 aliphatic heterocycles. The summed E-state index contributed by atoms with van der Waals surface area (Å²) in [4.78, 5) is 25.7. The van der Waals surface area contributed by atoms with Gasteiger partial charge in [-0.15, -0.1) is 0 Å². The third kappa shape index (κ3) is 6.79. The van der Waals surface area contributed by atoms with Gasteiger partial charge in [0.15, 0.2) is 5.11 Å². The van der Waals surface area contributed by atoms with Crippen LogP contribution in [0.1, 0.15) is 41.5 Å². The molecule has 8 heteroatoms. The van der Waals surface area contributed by atoms with E-state index in [1.165, 1.54) is 0 Å². The number of carbonyl (C=O) groups is 2. The third-order valence-corrected chi connectivity index (χ3v) is 4.77. The fourth-order valence-electron chi connectivity index (χ4n) is 3.12. The first-order chi connectivity index (χ1) is 16.4. The molecule has 0 radical (unpaired) electrons. The highest BCUT2D eigenvalue weighted by Gasteiger charge is 2.16. The number of anilines is 2. The van der Waals surface area contributed by atoms with Crippen LogP contribution in [-0.4, -0.2) is 29.6 Å². The predicted octanol–water partition coefficient (Wildman–Crippen LogP) is 5.25. The number of thiocarbonyl (C=S) groups is 1. The van der Waals surface area contributed by atoms with E-state index in [9.17, 15) is 9.59 Å². The Morgan fingerprint density at radius 1 is 0.853 bits per heavy atom. The normalized spacial score (nSPS) is 10.4. The topological polar surface area (TPSA) is 88.7 Å². The van der Waals surface area contributed by atoms with Gasteiger partial charge in [0.2, 0.25) is 0 Å². The van der Waals surface area contributed by atoms with Crippen molar-refractivity contribution in [3.05, 3.63) is 83.9 Å². The molecule has 3 N–H and O–H groups in total. The lowest BCUT2D eigenvalue weighted by molar-refractivity contribution is 0.0971. The molecule has 0 saturated carbocycles. The van der Waals surface area contributed by atoms with E-state index in [2.05, 4.69) is 16.0 Å². The van der Waals surface area contributed by atoms with Gasteiger partial charge in [-0.05, 0) is 81.5 Å². The fraction of sp³-hybridized carbons (Fsp3) is 0.192. The maximum absolute atomic E-state index is 12.9. The van der Waals surface area contributed by atoms with Crippen molar-refractivity contribution in [1.82, 2.24) is 5.32 Å². The van der Waals surface area contributed by atoms with Gasteiger partial charge >= 0.3 is 0 Å². The summed E-state index contributed by atoms with van der Waals surface area (Å²) < 4.78 is 11.1. The zero-order valence-corrected chi connectivity index (χ0v) is 20.1. The van der Waals surface area contributed by atoms with Crippen molar-refractivity contribution < 1.29 is 19.1 Å². The van der Waals surface area contributed by atoms with Crippen molar-refractivity contribution in [2.45, 2.75) is 26.9 Å². The largest absolute Gasteiger partial charge is 0.494 e. The van der Waals surface area contributed by atoms with Gasteiger partial charge in [-0.3, -0.25) is 14.9 Å². The van der Waals surface area contributed by atoms with Crippen LogP contribution in [0.15, 0.2) is 72.8 Å². The van der Waals surface area contributed by atoms with Gasteiger partial charge in [0.1, 0.15) is 11.5 Å². The summed E-state index contributed by atoms with van der Waals surface area (Å²) in [6, 6.07) is 20.9. The molecular formula is C26H27N3O4S. The SMILES string of the molecule is CCOc1ccc(NC(=O)c2ccccc2NC(=S)NC(=O)c2ccccc2OC(C)C)cc1. The zero-order valence-electron chi connectivity index (χ0n) is 19.3. The van der Waals surface area contributed by atoms with Crippen LogP contribution in [0.25, 0.3) is 0 Å². The van der Waals surface area contributed by atoms with E-state index in [0.29, 0.717) is 34.9 Å². The number of para-hydroxylation sites is 2. The van der Waals surface area contributed by atoms with Crippen molar-refractivity contribution in [3.8, 4) is 11.5 Å². The summed E-state index contributed by atoms with van der Waals surface area (Å²) in [6.07, 6.45) is -0.0835. The molecule has 0 saturated heterocycles. The van der Waals surface area contributed by atoms with Crippen molar-refractivity contribution in [2.75, 3.05) is 17.2 Å². The van der Waals surface area contributed by atoms with Crippen LogP contribution < -0.4 is 25.4 Å². The molecule has 0 aliphatic carbocycles. The minimum Gasteiger partial charge on any atom is -0.494 e. The molecule has 3 aromatic carbocycles. The highest BCUT2D eigenvalue weighted by atomic mass is 32.1. The second-order valence-corrected chi connectivity index (χ2v) is 7.94. The highest BCUT2D eigenvalue weighted by molar-refractivity contribution is 7.80. The Bertz CT molecular complexity index is 1160. The number of benzene rings is 3. The lowest BCUT2D eigenvalue weighted by atomic mass is 10.1. The van der Waals surface area contributed by atoms with Crippen LogP contribution in [0.3, 0.4) is 0 Å². The van der Waals surface area contributed by atoms with E-state index in [0.717, 1.165) is 5.75 Å². The first-order valence-corrected chi connectivity index (χ1v) is 11.3. The molecule has 0 unspecified atom stereocenters. The van der Waals surface area contributed by atoms with Crippen LogP contribution in [0.2, 0.25) is 0 Å². The van der Waals surface area contributed by atoms with Gasteiger partial charge in [0, 0.05) is 5.69 Å². The molecular weight excluding hydrogens is 450 g/mol. The average Bonchev–Trinajstić information content (AvgIpc) is 2.80. The minimum absolute atomic E-state index is 0.0608. The first kappa shape index (κ1) is 24.7. The number of carbonyl (C=O) groups excluding carboxylic acids is 2. The number of hydrogen-bond donors (Lipinski definition) is 3. The summed E-state index contributed by atoms with van der Waals surface area (Å²) in [5, 5.41) is 8.50. The van der Waals surface area contributed by atoms with E-state index in [1.807, 2.05) is 20.8 Å². The van der Waals surface area contributed by atoms with Crippen LogP contribution in [0.4, 0.5) is 11.4 Å².